The Kier molecular flexibility index (Phi) is 7.29. The zero-order chi connectivity index (χ0) is 15.3. The normalized spacial score (nSPS) is 13.1. The van der Waals surface area contributed by atoms with Gasteiger partial charge in [-0.15, -0.1) is 0 Å². The van der Waals surface area contributed by atoms with Crippen LogP contribution in [0.3, 0.4) is 0 Å². The summed E-state index contributed by atoms with van der Waals surface area (Å²) < 4.78 is 3.75. The lowest BCUT2D eigenvalue weighted by molar-refractivity contribution is -0.188. The van der Waals surface area contributed by atoms with Gasteiger partial charge in [0.2, 0.25) is 5.92 Å². The molecule has 0 amide bonds. The van der Waals surface area contributed by atoms with Gasteiger partial charge >= 0.3 is 29.8 Å². The lowest BCUT2D eigenvalue weighted by Crippen LogP contribution is -2.45. The number of ether oxygens (including phenoxy) is 1. The molecule has 0 aromatic carbocycles. The van der Waals surface area contributed by atoms with Crippen molar-refractivity contribution in [1.29, 1.82) is 0 Å². The molecule has 0 aromatic heterocycles. The van der Waals surface area contributed by atoms with Crippen molar-refractivity contribution in [2.24, 2.45) is 11.8 Å². The first kappa shape index (κ1) is 19.4. The largest absolute Gasteiger partial charge is 0.511 e. The lowest BCUT2D eigenvalue weighted by atomic mass is 10.1. The molecule has 1 heterocycles. The zero-order valence-electron chi connectivity index (χ0n) is 9.10. The number of cyclic esters (lactones) is 2. The van der Waals surface area contributed by atoms with E-state index in [0.29, 0.717) is 0 Å². The summed E-state index contributed by atoms with van der Waals surface area (Å²) in [4.78, 5) is 50.0. The van der Waals surface area contributed by atoms with E-state index in [1.807, 2.05) is 0 Å². The van der Waals surface area contributed by atoms with Crippen molar-refractivity contribution in [3.63, 3.8) is 0 Å². The standard InChI is InChI=1S/C5H6O5.C4H2O5.CH4/c1-2(6)3(4(7)8)5(9)10;5-2(6)1-3(7)9-4(1)8;/h3,6H,1H2,(H,7,8)(H,9,10);1H,(H,5,6);1H4. The number of carboxylic acid groups (broad SMARTS) is 3. The first-order valence-electron chi connectivity index (χ1n) is 4.41. The molecule has 10 nitrogen and oxygen atoms in total. The second-order valence-corrected chi connectivity index (χ2v) is 3.11. The molecule has 0 spiro atoms. The minimum absolute atomic E-state index is 0. The van der Waals surface area contributed by atoms with Crippen LogP contribution in [0.2, 0.25) is 0 Å². The van der Waals surface area contributed by atoms with Crippen molar-refractivity contribution in [2.45, 2.75) is 7.43 Å². The van der Waals surface area contributed by atoms with Gasteiger partial charge in [-0.3, -0.25) is 14.4 Å². The van der Waals surface area contributed by atoms with E-state index in [9.17, 15) is 24.0 Å². The number of esters is 2. The average molecular weight is 292 g/mol. The van der Waals surface area contributed by atoms with Crippen molar-refractivity contribution in [1.82, 2.24) is 0 Å². The fourth-order valence-corrected chi connectivity index (χ4v) is 0.847. The smallest absolute Gasteiger partial charge is 0.339 e. The van der Waals surface area contributed by atoms with Crippen molar-refractivity contribution >= 4 is 29.8 Å². The highest BCUT2D eigenvalue weighted by Crippen LogP contribution is 2.13. The number of rotatable bonds is 4. The Morgan fingerprint density at radius 2 is 1.35 bits per heavy atom. The number of aliphatic carboxylic acids is 3. The van der Waals surface area contributed by atoms with E-state index in [1.165, 1.54) is 0 Å². The summed E-state index contributed by atoms with van der Waals surface area (Å²) in [7, 11) is 0. The molecular weight excluding hydrogens is 280 g/mol. The molecule has 1 fully saturated rings. The molecule has 0 aliphatic carbocycles. The summed E-state index contributed by atoms with van der Waals surface area (Å²) >= 11 is 0. The first-order chi connectivity index (χ1) is 8.59. The van der Waals surface area contributed by atoms with Crippen LogP contribution in [0.25, 0.3) is 0 Å². The number of carbonyl (C=O) groups excluding carboxylic acids is 2. The minimum Gasteiger partial charge on any atom is -0.511 e. The van der Waals surface area contributed by atoms with Crippen LogP contribution in [-0.2, 0) is 28.7 Å². The van der Waals surface area contributed by atoms with E-state index in [-0.39, 0.29) is 7.43 Å². The highest BCUT2D eigenvalue weighted by atomic mass is 16.6. The van der Waals surface area contributed by atoms with E-state index in [1.54, 1.807) is 0 Å². The van der Waals surface area contributed by atoms with Crippen LogP contribution in [0, 0.1) is 11.8 Å². The molecule has 1 rings (SSSR count). The molecular formula is C10H12O10. The van der Waals surface area contributed by atoms with Crippen LogP contribution in [0.15, 0.2) is 12.3 Å². The fraction of sp³-hybridized carbons (Fsp3) is 0.300. The summed E-state index contributed by atoms with van der Waals surface area (Å²) in [5.41, 5.74) is 0. The summed E-state index contributed by atoms with van der Waals surface area (Å²) in [5.74, 6) is -11.0. The summed E-state index contributed by atoms with van der Waals surface area (Å²) in [6, 6.07) is 0. The molecule has 112 valence electrons. The van der Waals surface area contributed by atoms with Crippen LogP contribution in [0.1, 0.15) is 7.43 Å². The van der Waals surface area contributed by atoms with Crippen LogP contribution in [0.5, 0.6) is 0 Å². The minimum atomic E-state index is -1.92. The number of aliphatic hydroxyl groups is 1. The second-order valence-electron chi connectivity index (χ2n) is 3.11. The number of carboxylic acids is 3. The molecule has 20 heavy (non-hydrogen) atoms. The first-order valence-corrected chi connectivity index (χ1v) is 4.41. The Morgan fingerprint density at radius 3 is 1.40 bits per heavy atom. The molecule has 1 saturated heterocycles. The molecule has 0 atom stereocenters. The van der Waals surface area contributed by atoms with Gasteiger partial charge < -0.3 is 25.2 Å². The van der Waals surface area contributed by atoms with Gasteiger partial charge in [0.05, 0.1) is 0 Å². The maximum absolute atomic E-state index is 10.1. The third kappa shape index (κ3) is 4.76. The Balaban J connectivity index is 0. The molecule has 0 saturated carbocycles. The van der Waals surface area contributed by atoms with Crippen molar-refractivity contribution in [3.8, 4) is 0 Å². The van der Waals surface area contributed by atoms with E-state index in [4.69, 9.17) is 20.4 Å². The lowest BCUT2D eigenvalue weighted by Gasteiger charge is -2.16. The molecule has 1 aliphatic heterocycles. The predicted octanol–water partition coefficient (Wildman–Crippen LogP) is -0.750. The average Bonchev–Trinajstić information content (AvgIpc) is 2.13. The number of hydrogen-bond donors (Lipinski definition) is 4. The van der Waals surface area contributed by atoms with Crippen LogP contribution >= 0.6 is 0 Å². The maximum atomic E-state index is 10.1. The van der Waals surface area contributed by atoms with Gasteiger partial charge in [-0.1, -0.05) is 14.0 Å². The van der Waals surface area contributed by atoms with E-state index >= 15 is 0 Å². The van der Waals surface area contributed by atoms with Crippen molar-refractivity contribution < 1.29 is 49.1 Å². The van der Waals surface area contributed by atoms with Crippen molar-refractivity contribution in [2.75, 3.05) is 0 Å². The quantitative estimate of drug-likeness (QED) is 0.293. The molecule has 0 aromatic rings. The van der Waals surface area contributed by atoms with Gasteiger partial charge in [0.1, 0.15) is 5.76 Å². The Hall–Kier alpha value is -2.91. The third-order valence-electron chi connectivity index (χ3n) is 1.75. The molecule has 4 N–H and O–H groups in total. The molecule has 0 unspecified atom stereocenters. The zero-order valence-corrected chi connectivity index (χ0v) is 9.10. The molecule has 10 heteroatoms. The summed E-state index contributed by atoms with van der Waals surface area (Å²) in [6.07, 6.45) is 0. The van der Waals surface area contributed by atoms with Gasteiger partial charge in [0, 0.05) is 0 Å². The van der Waals surface area contributed by atoms with E-state index in [2.05, 4.69) is 11.3 Å². The molecule has 0 bridgehead atoms. The topological polar surface area (TPSA) is 175 Å². The maximum Gasteiger partial charge on any atom is 0.339 e. The van der Waals surface area contributed by atoms with Crippen molar-refractivity contribution in [3.05, 3.63) is 12.3 Å². The second kappa shape index (κ2) is 7.51. The Morgan fingerprint density at radius 1 is 1.00 bits per heavy atom. The van der Waals surface area contributed by atoms with E-state index < -0.39 is 47.4 Å². The fourth-order valence-electron chi connectivity index (χ4n) is 0.847. The van der Waals surface area contributed by atoms with Gasteiger partial charge in [-0.25, -0.2) is 9.59 Å². The van der Waals surface area contributed by atoms with Gasteiger partial charge in [0.25, 0.3) is 5.92 Å². The number of hydrogen-bond acceptors (Lipinski definition) is 7. The van der Waals surface area contributed by atoms with Gasteiger partial charge in [0.15, 0.2) is 0 Å². The van der Waals surface area contributed by atoms with E-state index in [0.717, 1.165) is 0 Å². The molecule has 1 aliphatic rings. The monoisotopic (exact) mass is 292 g/mol. The SMILES string of the molecule is C.C=C(O)C(C(=O)O)C(=O)O.O=C(O)C1C(=O)OC1=O. The molecule has 0 radical (unpaired) electrons. The predicted molar refractivity (Wildman–Crippen MR) is 59.5 cm³/mol. The third-order valence-corrected chi connectivity index (χ3v) is 1.75. The number of aliphatic hydroxyl groups excluding tert-OH is 1. The highest BCUT2D eigenvalue weighted by Gasteiger charge is 2.47. The highest BCUT2D eigenvalue weighted by molar-refractivity contribution is 6.22. The summed E-state index contributed by atoms with van der Waals surface area (Å²) in [6.45, 7) is 2.79. The van der Waals surface area contributed by atoms with Crippen LogP contribution < -0.4 is 0 Å². The van der Waals surface area contributed by atoms with Gasteiger partial charge in [-0.2, -0.15) is 0 Å². The van der Waals surface area contributed by atoms with Crippen LogP contribution in [0.4, 0.5) is 0 Å². The number of carbonyl (C=O) groups is 5. The van der Waals surface area contributed by atoms with Gasteiger partial charge in [-0.05, 0) is 0 Å². The van der Waals surface area contributed by atoms with Crippen LogP contribution in [-0.4, -0.2) is 50.3 Å². The summed E-state index contributed by atoms with van der Waals surface area (Å²) in [5, 5.41) is 32.7. The Labute approximate surface area is 111 Å². The Bertz CT molecular complexity index is 404.